The predicted molar refractivity (Wildman–Crippen MR) is 79.5 cm³/mol. The van der Waals surface area contributed by atoms with Crippen LogP contribution < -0.4 is 4.90 Å². The summed E-state index contributed by atoms with van der Waals surface area (Å²) in [4.78, 5) is 4.18. The van der Waals surface area contributed by atoms with Crippen molar-refractivity contribution >= 4 is 5.69 Å². The minimum absolute atomic E-state index is 0.213. The summed E-state index contributed by atoms with van der Waals surface area (Å²) in [6.07, 6.45) is -4.35. The van der Waals surface area contributed by atoms with E-state index in [4.69, 9.17) is 0 Å². The Morgan fingerprint density at radius 2 is 1.71 bits per heavy atom. The molecule has 0 radical (unpaired) electrons. The van der Waals surface area contributed by atoms with E-state index in [1.165, 1.54) is 0 Å². The number of rotatable bonds is 4. The number of anilines is 1. The van der Waals surface area contributed by atoms with Gasteiger partial charge in [-0.15, -0.1) is 5.10 Å². The lowest BCUT2D eigenvalue weighted by Gasteiger charge is -2.35. The van der Waals surface area contributed by atoms with Crippen LogP contribution in [0.1, 0.15) is 5.82 Å². The van der Waals surface area contributed by atoms with Crippen LogP contribution in [0.25, 0.3) is 0 Å². The van der Waals surface area contributed by atoms with Crippen molar-refractivity contribution in [2.75, 3.05) is 31.1 Å². The van der Waals surface area contributed by atoms with E-state index in [1.54, 1.807) is 12.1 Å². The third kappa shape index (κ3) is 4.13. The van der Waals surface area contributed by atoms with E-state index < -0.39 is 12.7 Å². The average Bonchev–Trinajstić information content (AvgIpc) is 2.94. The van der Waals surface area contributed by atoms with Crippen LogP contribution in [0.3, 0.4) is 0 Å². The third-order valence-corrected chi connectivity index (χ3v) is 3.89. The number of phenols is 1. The molecule has 1 fully saturated rings. The Morgan fingerprint density at radius 3 is 2.33 bits per heavy atom. The number of hydrogen-bond donors (Lipinski definition) is 1. The highest BCUT2D eigenvalue weighted by atomic mass is 19.4. The topological polar surface area (TPSA) is 70.3 Å². The van der Waals surface area contributed by atoms with E-state index in [0.717, 1.165) is 23.5 Å². The Labute approximate surface area is 136 Å². The van der Waals surface area contributed by atoms with Crippen molar-refractivity contribution in [2.45, 2.75) is 19.3 Å². The Hall–Kier alpha value is -2.36. The quantitative estimate of drug-likeness (QED) is 0.902. The van der Waals surface area contributed by atoms with Crippen LogP contribution in [0.5, 0.6) is 5.75 Å². The first-order valence-electron chi connectivity index (χ1n) is 7.49. The first kappa shape index (κ1) is 16.5. The van der Waals surface area contributed by atoms with Crippen LogP contribution in [0.15, 0.2) is 24.3 Å². The number of alkyl halides is 3. The molecule has 1 aliphatic heterocycles. The fourth-order valence-electron chi connectivity index (χ4n) is 2.66. The second kappa shape index (κ2) is 6.63. The molecular formula is C14H17F3N6O. The van der Waals surface area contributed by atoms with Gasteiger partial charge >= 0.3 is 6.18 Å². The molecule has 2 heterocycles. The molecule has 1 aliphatic rings. The van der Waals surface area contributed by atoms with Gasteiger partial charge in [-0.05, 0) is 34.7 Å². The van der Waals surface area contributed by atoms with Crippen LogP contribution >= 0.6 is 0 Å². The molecular weight excluding hydrogens is 325 g/mol. The lowest BCUT2D eigenvalue weighted by Crippen LogP contribution is -2.46. The van der Waals surface area contributed by atoms with Crippen molar-refractivity contribution in [1.29, 1.82) is 0 Å². The molecule has 1 saturated heterocycles. The molecule has 24 heavy (non-hydrogen) atoms. The van der Waals surface area contributed by atoms with Crippen molar-refractivity contribution in [3.8, 4) is 5.75 Å². The summed E-state index contributed by atoms with van der Waals surface area (Å²) in [7, 11) is 0. The fraction of sp³-hybridized carbons (Fsp3) is 0.500. The maximum Gasteiger partial charge on any atom is 0.408 e. The number of halogens is 3. The van der Waals surface area contributed by atoms with Gasteiger partial charge in [-0.25, -0.2) is 4.68 Å². The number of aromatic nitrogens is 4. The Kier molecular flexibility index (Phi) is 4.56. The highest BCUT2D eigenvalue weighted by Gasteiger charge is 2.30. The summed E-state index contributed by atoms with van der Waals surface area (Å²) in [5.41, 5.74) is 1.01. The molecule has 1 aromatic carbocycles. The molecule has 0 saturated carbocycles. The molecule has 10 heteroatoms. The van der Waals surface area contributed by atoms with Gasteiger partial charge in [0.1, 0.15) is 12.3 Å². The Bertz CT molecular complexity index is 664. The van der Waals surface area contributed by atoms with Gasteiger partial charge < -0.3 is 10.0 Å². The molecule has 3 rings (SSSR count). The lowest BCUT2D eigenvalue weighted by molar-refractivity contribution is -0.143. The van der Waals surface area contributed by atoms with Crippen molar-refractivity contribution in [2.24, 2.45) is 0 Å². The third-order valence-electron chi connectivity index (χ3n) is 3.89. The van der Waals surface area contributed by atoms with Crippen molar-refractivity contribution in [3.63, 3.8) is 0 Å². The lowest BCUT2D eigenvalue weighted by atomic mass is 10.2. The van der Waals surface area contributed by atoms with E-state index in [-0.39, 0.29) is 18.1 Å². The minimum atomic E-state index is -4.35. The molecule has 0 amide bonds. The zero-order valence-electron chi connectivity index (χ0n) is 12.8. The first-order chi connectivity index (χ1) is 11.4. The summed E-state index contributed by atoms with van der Waals surface area (Å²) >= 11 is 0. The van der Waals surface area contributed by atoms with Gasteiger partial charge in [0.15, 0.2) is 5.82 Å². The summed E-state index contributed by atoms with van der Waals surface area (Å²) in [6, 6.07) is 6.95. The van der Waals surface area contributed by atoms with Crippen molar-refractivity contribution < 1.29 is 18.3 Å². The fourth-order valence-corrected chi connectivity index (χ4v) is 2.66. The molecule has 0 atom stereocenters. The Morgan fingerprint density at radius 1 is 1.04 bits per heavy atom. The van der Waals surface area contributed by atoms with Gasteiger partial charge in [0.05, 0.1) is 6.54 Å². The largest absolute Gasteiger partial charge is 0.508 e. The van der Waals surface area contributed by atoms with Crippen LogP contribution in [0, 0.1) is 0 Å². The zero-order valence-corrected chi connectivity index (χ0v) is 12.8. The number of piperazine rings is 1. The minimum Gasteiger partial charge on any atom is -0.508 e. The number of benzene rings is 1. The molecule has 2 aromatic rings. The second-order valence-corrected chi connectivity index (χ2v) is 5.65. The summed E-state index contributed by atoms with van der Waals surface area (Å²) in [5, 5.41) is 19.8. The number of nitrogens with zero attached hydrogens (tertiary/aromatic N) is 6. The van der Waals surface area contributed by atoms with E-state index in [9.17, 15) is 18.3 Å². The second-order valence-electron chi connectivity index (χ2n) is 5.65. The predicted octanol–water partition coefficient (Wildman–Crippen LogP) is 1.26. The Balaban J connectivity index is 1.56. The number of phenolic OH excluding ortho intramolecular Hbond substituents is 1. The number of hydrogen-bond acceptors (Lipinski definition) is 6. The molecule has 1 aromatic heterocycles. The number of tetrazole rings is 1. The van der Waals surface area contributed by atoms with Gasteiger partial charge in [-0.1, -0.05) is 0 Å². The normalized spacial score (nSPS) is 16.5. The van der Waals surface area contributed by atoms with Crippen molar-refractivity contribution in [1.82, 2.24) is 25.1 Å². The SMILES string of the molecule is Oc1ccc(N2CCN(Cc3nnnn3CC(F)(F)F)CC2)cc1. The van der Waals surface area contributed by atoms with Gasteiger partial charge in [-0.3, -0.25) is 4.90 Å². The van der Waals surface area contributed by atoms with Gasteiger partial charge in [0.2, 0.25) is 0 Å². The summed E-state index contributed by atoms with van der Waals surface area (Å²) in [5.74, 6) is 0.430. The van der Waals surface area contributed by atoms with E-state index in [2.05, 4.69) is 20.4 Å². The monoisotopic (exact) mass is 342 g/mol. The average molecular weight is 342 g/mol. The molecule has 0 spiro atoms. The highest BCUT2D eigenvalue weighted by molar-refractivity contribution is 5.49. The van der Waals surface area contributed by atoms with Crippen molar-refractivity contribution in [3.05, 3.63) is 30.1 Å². The van der Waals surface area contributed by atoms with Crippen LogP contribution in [0.2, 0.25) is 0 Å². The summed E-state index contributed by atoms with van der Waals surface area (Å²) in [6.45, 7) is 1.98. The maximum atomic E-state index is 12.5. The molecule has 130 valence electrons. The first-order valence-corrected chi connectivity index (χ1v) is 7.49. The van der Waals surface area contributed by atoms with E-state index >= 15 is 0 Å². The zero-order chi connectivity index (χ0) is 17.2. The molecule has 0 unspecified atom stereocenters. The van der Waals surface area contributed by atoms with Gasteiger partial charge in [0.25, 0.3) is 0 Å². The van der Waals surface area contributed by atoms with Crippen LogP contribution in [-0.2, 0) is 13.1 Å². The van der Waals surface area contributed by atoms with Gasteiger partial charge in [0, 0.05) is 31.9 Å². The molecule has 0 bridgehead atoms. The highest BCUT2D eigenvalue weighted by Crippen LogP contribution is 2.21. The van der Waals surface area contributed by atoms with Crippen LogP contribution in [-0.4, -0.2) is 62.6 Å². The summed E-state index contributed by atoms with van der Waals surface area (Å²) < 4.78 is 38.3. The van der Waals surface area contributed by atoms with E-state index in [1.807, 2.05) is 17.0 Å². The molecule has 0 aliphatic carbocycles. The van der Waals surface area contributed by atoms with Crippen LogP contribution in [0.4, 0.5) is 18.9 Å². The molecule has 1 N–H and O–H groups in total. The molecule has 7 nitrogen and oxygen atoms in total. The van der Waals surface area contributed by atoms with Gasteiger partial charge in [-0.2, -0.15) is 13.2 Å². The number of aromatic hydroxyl groups is 1. The standard InChI is InChI=1S/C14H17F3N6O/c15-14(16,17)10-23-13(18-19-20-23)9-21-5-7-22(8-6-21)11-1-3-12(24)4-2-11/h1-4,24H,5-10H2. The maximum absolute atomic E-state index is 12.5. The smallest absolute Gasteiger partial charge is 0.408 e. The van der Waals surface area contributed by atoms with E-state index in [0.29, 0.717) is 13.1 Å².